The summed E-state index contributed by atoms with van der Waals surface area (Å²) < 4.78 is 11.0. The summed E-state index contributed by atoms with van der Waals surface area (Å²) in [5.41, 5.74) is -0.600. The number of benzene rings is 1. The number of carboxylic acid groups (broad SMARTS) is 1. The van der Waals surface area contributed by atoms with Crippen molar-refractivity contribution in [2.75, 3.05) is 19.8 Å². The van der Waals surface area contributed by atoms with Crippen LogP contribution in [0.1, 0.15) is 31.2 Å². The van der Waals surface area contributed by atoms with Crippen molar-refractivity contribution in [3.05, 3.63) is 29.8 Å². The number of aliphatic carboxylic acids is 1. The predicted molar refractivity (Wildman–Crippen MR) is 95.1 cm³/mol. The van der Waals surface area contributed by atoms with Gasteiger partial charge >= 0.3 is 5.97 Å². The van der Waals surface area contributed by atoms with E-state index in [4.69, 9.17) is 14.6 Å². The lowest BCUT2D eigenvalue weighted by atomic mass is 10.1. The Morgan fingerprint density at radius 1 is 1.22 bits per heavy atom. The minimum absolute atomic E-state index is 0.0698. The van der Waals surface area contributed by atoms with Crippen molar-refractivity contribution in [3.8, 4) is 5.75 Å². The van der Waals surface area contributed by atoms with Crippen molar-refractivity contribution in [1.82, 2.24) is 10.6 Å². The van der Waals surface area contributed by atoms with Crippen LogP contribution in [0.15, 0.2) is 24.3 Å². The minimum Gasteiger partial charge on any atom is -0.483 e. The Labute approximate surface area is 157 Å². The second-order valence-electron chi connectivity index (χ2n) is 6.91. The first kappa shape index (κ1) is 19.2. The van der Waals surface area contributed by atoms with Crippen LogP contribution in [-0.2, 0) is 25.7 Å². The van der Waals surface area contributed by atoms with Crippen LogP contribution in [0.4, 0.5) is 0 Å². The zero-order chi connectivity index (χ0) is 19.3. The van der Waals surface area contributed by atoms with Gasteiger partial charge in [0.1, 0.15) is 11.2 Å². The number of hydrogen-bond donors (Lipinski definition) is 3. The van der Waals surface area contributed by atoms with E-state index >= 15 is 0 Å². The fourth-order valence-corrected chi connectivity index (χ4v) is 3.03. The molecule has 1 unspecified atom stereocenters. The van der Waals surface area contributed by atoms with E-state index < -0.39 is 17.3 Å². The van der Waals surface area contributed by atoms with Crippen LogP contribution in [0.5, 0.6) is 5.75 Å². The molecule has 2 amide bonds. The molecule has 0 aromatic heterocycles. The molecule has 8 nitrogen and oxygen atoms in total. The van der Waals surface area contributed by atoms with Gasteiger partial charge < -0.3 is 25.2 Å². The molecule has 1 atom stereocenters. The van der Waals surface area contributed by atoms with Gasteiger partial charge in [0.15, 0.2) is 6.61 Å². The molecule has 1 heterocycles. The molecule has 2 aliphatic rings. The summed E-state index contributed by atoms with van der Waals surface area (Å²) in [4.78, 5) is 35.3. The van der Waals surface area contributed by atoms with E-state index in [0.29, 0.717) is 30.7 Å². The first-order valence-corrected chi connectivity index (χ1v) is 9.12. The molecule has 146 valence electrons. The Hall–Kier alpha value is -2.61. The van der Waals surface area contributed by atoms with E-state index in [1.54, 1.807) is 24.3 Å². The van der Waals surface area contributed by atoms with E-state index in [-0.39, 0.29) is 25.2 Å². The van der Waals surface area contributed by atoms with Gasteiger partial charge in [-0.3, -0.25) is 14.4 Å². The minimum atomic E-state index is -1.28. The average molecular weight is 376 g/mol. The van der Waals surface area contributed by atoms with E-state index in [1.807, 2.05) is 0 Å². The smallest absolute Gasteiger partial charge is 0.319 e. The predicted octanol–water partition coefficient (Wildman–Crippen LogP) is 0.842. The molecule has 0 bridgehead atoms. The Bertz CT molecular complexity index is 710. The van der Waals surface area contributed by atoms with Crippen LogP contribution in [0.25, 0.3) is 0 Å². The third kappa shape index (κ3) is 4.77. The molecule has 1 aliphatic heterocycles. The maximum absolute atomic E-state index is 12.1. The topological polar surface area (TPSA) is 114 Å². The molecule has 1 aliphatic carbocycles. The van der Waals surface area contributed by atoms with Crippen molar-refractivity contribution >= 4 is 17.8 Å². The van der Waals surface area contributed by atoms with Crippen LogP contribution in [0, 0.1) is 5.41 Å². The van der Waals surface area contributed by atoms with Crippen molar-refractivity contribution in [2.24, 2.45) is 5.41 Å². The van der Waals surface area contributed by atoms with Crippen LogP contribution >= 0.6 is 0 Å². The van der Waals surface area contributed by atoms with Gasteiger partial charge in [-0.25, -0.2) is 0 Å². The number of hydrogen-bond acceptors (Lipinski definition) is 5. The normalized spacial score (nSPS) is 19.9. The number of carbonyl (C=O) groups excluding carboxylic acids is 2. The van der Waals surface area contributed by atoms with Crippen molar-refractivity contribution in [1.29, 1.82) is 0 Å². The number of rotatable bonds is 9. The van der Waals surface area contributed by atoms with E-state index in [1.165, 1.54) is 0 Å². The summed E-state index contributed by atoms with van der Waals surface area (Å²) in [5.74, 6) is -1.34. The van der Waals surface area contributed by atoms with Gasteiger partial charge in [-0.1, -0.05) is 18.2 Å². The molecule has 0 spiro atoms. The number of nitrogens with one attached hydrogen (secondary N) is 2. The Kier molecular flexibility index (Phi) is 5.95. The Morgan fingerprint density at radius 2 is 2.00 bits per heavy atom. The highest BCUT2D eigenvalue weighted by atomic mass is 16.5. The van der Waals surface area contributed by atoms with Crippen LogP contribution in [-0.4, -0.2) is 48.8 Å². The molecule has 3 rings (SSSR count). The highest BCUT2D eigenvalue weighted by molar-refractivity contribution is 6.04. The number of ether oxygens (including phenoxy) is 2. The highest BCUT2D eigenvalue weighted by Crippen LogP contribution is 2.46. The molecular formula is C19H24N2O6. The Balaban J connectivity index is 1.47. The molecular weight excluding hydrogens is 352 g/mol. The summed E-state index contributed by atoms with van der Waals surface area (Å²) in [6.45, 7) is 1.20. The lowest BCUT2D eigenvalue weighted by molar-refractivity contribution is -0.149. The van der Waals surface area contributed by atoms with Crippen molar-refractivity contribution in [2.45, 2.75) is 38.3 Å². The van der Waals surface area contributed by atoms with Crippen molar-refractivity contribution in [3.63, 3.8) is 0 Å². The van der Waals surface area contributed by atoms with Gasteiger partial charge in [0.05, 0.1) is 6.10 Å². The SMILES string of the molecule is O=C(COc1ccccc1CNC(=O)C1(C(=O)O)CC1)NCC1CCCO1. The van der Waals surface area contributed by atoms with E-state index in [2.05, 4.69) is 10.6 Å². The fourth-order valence-electron chi connectivity index (χ4n) is 3.03. The third-order valence-electron chi connectivity index (χ3n) is 4.92. The largest absolute Gasteiger partial charge is 0.483 e. The van der Waals surface area contributed by atoms with Gasteiger partial charge in [-0.05, 0) is 31.7 Å². The second-order valence-corrected chi connectivity index (χ2v) is 6.91. The third-order valence-corrected chi connectivity index (χ3v) is 4.92. The van der Waals surface area contributed by atoms with Gasteiger partial charge in [0.2, 0.25) is 5.91 Å². The Morgan fingerprint density at radius 3 is 2.67 bits per heavy atom. The van der Waals surface area contributed by atoms with Gasteiger partial charge in [-0.15, -0.1) is 0 Å². The summed E-state index contributed by atoms with van der Waals surface area (Å²) in [6.07, 6.45) is 2.75. The lowest BCUT2D eigenvalue weighted by Crippen LogP contribution is -2.37. The van der Waals surface area contributed by atoms with E-state index in [0.717, 1.165) is 19.4 Å². The summed E-state index contributed by atoms with van der Waals surface area (Å²) in [6, 6.07) is 7.03. The number of amides is 2. The number of carbonyl (C=O) groups is 3. The lowest BCUT2D eigenvalue weighted by Gasteiger charge is -2.15. The number of carboxylic acids is 1. The summed E-state index contributed by atoms with van der Waals surface area (Å²) in [5, 5.41) is 14.6. The zero-order valence-corrected chi connectivity index (χ0v) is 15.0. The van der Waals surface area contributed by atoms with Crippen LogP contribution < -0.4 is 15.4 Å². The maximum atomic E-state index is 12.1. The molecule has 1 aromatic carbocycles. The molecule has 3 N–H and O–H groups in total. The fraction of sp³-hybridized carbons (Fsp3) is 0.526. The summed E-state index contributed by atoms with van der Waals surface area (Å²) in [7, 11) is 0. The zero-order valence-electron chi connectivity index (χ0n) is 15.0. The van der Waals surface area contributed by atoms with Gasteiger partial charge in [0.25, 0.3) is 5.91 Å². The molecule has 27 heavy (non-hydrogen) atoms. The van der Waals surface area contributed by atoms with E-state index in [9.17, 15) is 14.4 Å². The standard InChI is InChI=1S/C19H24N2O6/c22-16(20-11-14-5-3-9-26-14)12-27-15-6-2-1-4-13(15)10-21-17(23)19(7-8-19)18(24)25/h1-2,4,6,14H,3,5,7-12H2,(H,20,22)(H,21,23)(H,24,25). The maximum Gasteiger partial charge on any atom is 0.319 e. The first-order valence-electron chi connectivity index (χ1n) is 9.12. The summed E-state index contributed by atoms with van der Waals surface area (Å²) >= 11 is 0. The molecule has 1 saturated heterocycles. The molecule has 1 aromatic rings. The van der Waals surface area contributed by atoms with Crippen LogP contribution in [0.2, 0.25) is 0 Å². The molecule has 0 radical (unpaired) electrons. The first-order chi connectivity index (χ1) is 13.0. The van der Waals surface area contributed by atoms with Gasteiger partial charge in [-0.2, -0.15) is 0 Å². The average Bonchev–Trinajstić information content (AvgIpc) is 3.33. The molecule has 8 heteroatoms. The van der Waals surface area contributed by atoms with Crippen LogP contribution in [0.3, 0.4) is 0 Å². The van der Waals surface area contributed by atoms with Crippen molar-refractivity contribution < 1.29 is 29.0 Å². The van der Waals surface area contributed by atoms with Gasteiger partial charge in [0, 0.05) is 25.3 Å². The second kappa shape index (κ2) is 8.39. The highest BCUT2D eigenvalue weighted by Gasteiger charge is 2.56. The monoisotopic (exact) mass is 376 g/mol. The molecule has 1 saturated carbocycles. The quantitative estimate of drug-likeness (QED) is 0.551. The molecule has 2 fully saturated rings. The number of para-hydroxylation sites is 1.